The molecular formula is C11H11F3N4. The molecule has 2 rings (SSSR count). The molecule has 0 aliphatic rings. The first-order valence-corrected chi connectivity index (χ1v) is 5.31. The quantitative estimate of drug-likeness (QED) is 0.913. The zero-order chi connectivity index (χ0) is 13.0. The molecule has 0 atom stereocenters. The number of nitrogens with one attached hydrogen (secondary N) is 1. The number of aromatic nitrogens is 3. The van der Waals surface area contributed by atoms with Gasteiger partial charge >= 0.3 is 6.18 Å². The van der Waals surface area contributed by atoms with Crippen LogP contribution in [0.2, 0.25) is 0 Å². The Bertz CT molecular complexity index is 476. The predicted molar refractivity (Wildman–Crippen MR) is 60.0 cm³/mol. The number of nitrogens with zero attached hydrogens (tertiary/aromatic N) is 3. The monoisotopic (exact) mass is 256 g/mol. The maximum absolute atomic E-state index is 12.2. The number of anilines is 1. The molecule has 0 saturated heterocycles. The number of hydrogen-bond acceptors (Lipinski definition) is 3. The molecule has 0 unspecified atom stereocenters. The highest BCUT2D eigenvalue weighted by atomic mass is 19.4. The number of rotatable bonds is 4. The van der Waals surface area contributed by atoms with E-state index in [4.69, 9.17) is 0 Å². The Kier molecular flexibility index (Phi) is 3.50. The highest BCUT2D eigenvalue weighted by molar-refractivity contribution is 5.33. The fraction of sp³-hybridized carbons (Fsp3) is 0.273. The molecule has 2 heterocycles. The van der Waals surface area contributed by atoms with Gasteiger partial charge in [0.05, 0.1) is 0 Å². The van der Waals surface area contributed by atoms with E-state index >= 15 is 0 Å². The fourth-order valence-electron chi connectivity index (χ4n) is 1.41. The summed E-state index contributed by atoms with van der Waals surface area (Å²) >= 11 is 0. The van der Waals surface area contributed by atoms with Crippen LogP contribution in [0.3, 0.4) is 0 Å². The summed E-state index contributed by atoms with van der Waals surface area (Å²) in [5.74, 6) is 0.329. The van der Waals surface area contributed by atoms with Crippen molar-refractivity contribution in [1.82, 2.24) is 14.8 Å². The first-order valence-electron chi connectivity index (χ1n) is 5.31. The van der Waals surface area contributed by atoms with Crippen molar-refractivity contribution in [3.8, 4) is 0 Å². The Hall–Kier alpha value is -2.05. The lowest BCUT2D eigenvalue weighted by atomic mass is 10.4. The summed E-state index contributed by atoms with van der Waals surface area (Å²) in [5, 5.41) is 9.49. The standard InChI is InChI=1S/C11H11F3N4/c12-11(13,14)9-3-4-10(17-16-9)15-5-8-18-6-1-2-7-18/h1-4,6-7H,5,8H2,(H,15,17). The third kappa shape index (κ3) is 3.22. The third-order valence-electron chi connectivity index (χ3n) is 2.30. The van der Waals surface area contributed by atoms with Gasteiger partial charge in [0.1, 0.15) is 5.82 Å². The second kappa shape index (κ2) is 5.07. The van der Waals surface area contributed by atoms with E-state index in [1.807, 2.05) is 29.1 Å². The van der Waals surface area contributed by atoms with Crippen LogP contribution in [0, 0.1) is 0 Å². The SMILES string of the molecule is FC(F)(F)c1ccc(NCCn2cccc2)nn1. The van der Waals surface area contributed by atoms with Gasteiger partial charge < -0.3 is 9.88 Å². The molecule has 4 nitrogen and oxygen atoms in total. The van der Waals surface area contributed by atoms with E-state index in [1.165, 1.54) is 6.07 Å². The van der Waals surface area contributed by atoms with Crippen LogP contribution in [-0.2, 0) is 12.7 Å². The van der Waals surface area contributed by atoms with Gasteiger partial charge in [0.15, 0.2) is 5.69 Å². The molecule has 0 bridgehead atoms. The number of alkyl halides is 3. The molecule has 0 amide bonds. The summed E-state index contributed by atoms with van der Waals surface area (Å²) in [7, 11) is 0. The average molecular weight is 256 g/mol. The lowest BCUT2D eigenvalue weighted by Crippen LogP contribution is -2.13. The zero-order valence-corrected chi connectivity index (χ0v) is 9.35. The molecule has 0 saturated carbocycles. The molecular weight excluding hydrogens is 245 g/mol. The number of halogens is 3. The predicted octanol–water partition coefficient (Wildman–Crippen LogP) is 2.41. The Labute approximate surface area is 101 Å². The summed E-state index contributed by atoms with van der Waals surface area (Å²) in [6, 6.07) is 5.98. The number of hydrogen-bond donors (Lipinski definition) is 1. The lowest BCUT2D eigenvalue weighted by Gasteiger charge is -2.07. The van der Waals surface area contributed by atoms with Crippen molar-refractivity contribution in [2.24, 2.45) is 0 Å². The first-order chi connectivity index (χ1) is 8.55. The summed E-state index contributed by atoms with van der Waals surface area (Å²) < 4.78 is 38.6. The van der Waals surface area contributed by atoms with Gasteiger partial charge in [-0.2, -0.15) is 13.2 Å². The summed E-state index contributed by atoms with van der Waals surface area (Å²) in [4.78, 5) is 0. The van der Waals surface area contributed by atoms with Gasteiger partial charge in [-0.3, -0.25) is 0 Å². The van der Waals surface area contributed by atoms with E-state index in [0.717, 1.165) is 6.07 Å². The normalized spacial score (nSPS) is 11.5. The molecule has 2 aromatic rings. The molecule has 0 radical (unpaired) electrons. The highest BCUT2D eigenvalue weighted by Crippen LogP contribution is 2.26. The van der Waals surface area contributed by atoms with Crippen LogP contribution >= 0.6 is 0 Å². The Balaban J connectivity index is 1.87. The molecule has 7 heteroatoms. The molecule has 0 spiro atoms. The van der Waals surface area contributed by atoms with Gasteiger partial charge in [-0.1, -0.05) is 0 Å². The van der Waals surface area contributed by atoms with E-state index < -0.39 is 11.9 Å². The van der Waals surface area contributed by atoms with Crippen molar-refractivity contribution in [2.45, 2.75) is 12.7 Å². The summed E-state index contributed by atoms with van der Waals surface area (Å²) in [6.07, 6.45) is -0.642. The molecule has 18 heavy (non-hydrogen) atoms. The average Bonchev–Trinajstić information content (AvgIpc) is 2.82. The van der Waals surface area contributed by atoms with Crippen molar-refractivity contribution in [3.63, 3.8) is 0 Å². The Morgan fingerprint density at radius 3 is 2.39 bits per heavy atom. The summed E-state index contributed by atoms with van der Waals surface area (Å²) in [6.45, 7) is 1.27. The largest absolute Gasteiger partial charge is 0.435 e. The molecule has 2 aromatic heterocycles. The van der Waals surface area contributed by atoms with Gasteiger partial charge in [0.2, 0.25) is 0 Å². The van der Waals surface area contributed by atoms with Crippen molar-refractivity contribution < 1.29 is 13.2 Å². The van der Waals surface area contributed by atoms with Gasteiger partial charge in [-0.15, -0.1) is 10.2 Å². The van der Waals surface area contributed by atoms with Crippen LogP contribution < -0.4 is 5.32 Å². The van der Waals surface area contributed by atoms with Crippen molar-refractivity contribution in [1.29, 1.82) is 0 Å². The van der Waals surface area contributed by atoms with Crippen LogP contribution in [0.15, 0.2) is 36.7 Å². The zero-order valence-electron chi connectivity index (χ0n) is 9.35. The van der Waals surface area contributed by atoms with Crippen LogP contribution in [0.25, 0.3) is 0 Å². The topological polar surface area (TPSA) is 42.7 Å². The third-order valence-corrected chi connectivity index (χ3v) is 2.30. The van der Waals surface area contributed by atoms with Crippen LogP contribution in [-0.4, -0.2) is 21.3 Å². The first kappa shape index (κ1) is 12.4. The van der Waals surface area contributed by atoms with Gasteiger partial charge in [-0.25, -0.2) is 0 Å². The van der Waals surface area contributed by atoms with Crippen LogP contribution in [0.4, 0.5) is 19.0 Å². The molecule has 0 fully saturated rings. The molecule has 0 aromatic carbocycles. The maximum atomic E-state index is 12.2. The Morgan fingerprint density at radius 2 is 1.83 bits per heavy atom. The second-order valence-corrected chi connectivity index (χ2v) is 3.65. The highest BCUT2D eigenvalue weighted by Gasteiger charge is 2.32. The smallest absolute Gasteiger partial charge is 0.367 e. The van der Waals surface area contributed by atoms with E-state index in [9.17, 15) is 13.2 Å². The van der Waals surface area contributed by atoms with Crippen LogP contribution in [0.1, 0.15) is 5.69 Å². The van der Waals surface area contributed by atoms with E-state index in [-0.39, 0.29) is 0 Å². The minimum atomic E-state index is -4.45. The Morgan fingerprint density at radius 1 is 1.11 bits per heavy atom. The van der Waals surface area contributed by atoms with E-state index in [1.54, 1.807) is 0 Å². The maximum Gasteiger partial charge on any atom is 0.435 e. The molecule has 0 aliphatic carbocycles. The van der Waals surface area contributed by atoms with E-state index in [0.29, 0.717) is 18.9 Å². The minimum Gasteiger partial charge on any atom is -0.367 e. The van der Waals surface area contributed by atoms with Crippen molar-refractivity contribution in [2.75, 3.05) is 11.9 Å². The lowest BCUT2D eigenvalue weighted by molar-refractivity contribution is -0.141. The molecule has 1 N–H and O–H groups in total. The van der Waals surface area contributed by atoms with E-state index in [2.05, 4.69) is 15.5 Å². The van der Waals surface area contributed by atoms with Crippen LogP contribution in [0.5, 0.6) is 0 Å². The fourth-order valence-corrected chi connectivity index (χ4v) is 1.41. The molecule has 96 valence electrons. The van der Waals surface area contributed by atoms with Gasteiger partial charge in [0, 0.05) is 25.5 Å². The van der Waals surface area contributed by atoms with Gasteiger partial charge in [-0.05, 0) is 24.3 Å². The van der Waals surface area contributed by atoms with Gasteiger partial charge in [0.25, 0.3) is 0 Å². The minimum absolute atomic E-state index is 0.329. The van der Waals surface area contributed by atoms with Crippen molar-refractivity contribution in [3.05, 3.63) is 42.4 Å². The van der Waals surface area contributed by atoms with Crippen molar-refractivity contribution >= 4 is 5.82 Å². The summed E-state index contributed by atoms with van der Waals surface area (Å²) in [5.41, 5.74) is -0.988. The molecule has 0 aliphatic heterocycles. The second-order valence-electron chi connectivity index (χ2n) is 3.65.